The number of unbranched alkanes of at least 4 members (excludes halogenated alkanes) is 3. The van der Waals surface area contributed by atoms with Crippen LogP contribution >= 0.6 is 0 Å². The Morgan fingerprint density at radius 2 is 1.30 bits per heavy atom. The van der Waals surface area contributed by atoms with Gasteiger partial charge in [0.05, 0.1) is 0 Å². The summed E-state index contributed by atoms with van der Waals surface area (Å²) in [5, 5.41) is 0. The molecule has 3 heteroatoms. The van der Waals surface area contributed by atoms with E-state index >= 15 is 0 Å². The summed E-state index contributed by atoms with van der Waals surface area (Å²) in [6, 6.07) is 9.90. The molecule has 0 aromatic heterocycles. The predicted octanol–water partition coefficient (Wildman–Crippen LogP) is 7.32. The molecule has 0 aliphatic heterocycles. The van der Waals surface area contributed by atoms with E-state index in [0.717, 1.165) is 10.1 Å². The summed E-state index contributed by atoms with van der Waals surface area (Å²) in [4.78, 5) is 15.7. The van der Waals surface area contributed by atoms with E-state index in [9.17, 15) is 4.79 Å². The Labute approximate surface area is 173 Å². The molecule has 1 aromatic carbocycles. The second-order valence-electron chi connectivity index (χ2n) is 9.24. The van der Waals surface area contributed by atoms with Crippen LogP contribution in [0.5, 0.6) is 0 Å². The molecular formula is C24H43NOSn. The molecule has 0 unspecified atom stereocenters. The van der Waals surface area contributed by atoms with Crippen LogP contribution in [0.25, 0.3) is 0 Å². The van der Waals surface area contributed by atoms with Gasteiger partial charge in [-0.15, -0.1) is 0 Å². The number of carbonyl (C=O) groups excluding carboxylic acids is 1. The van der Waals surface area contributed by atoms with Gasteiger partial charge in [-0.3, -0.25) is 0 Å². The minimum atomic E-state index is -2.43. The third-order valence-corrected chi connectivity index (χ3v) is 20.7. The second kappa shape index (κ2) is 12.1. The van der Waals surface area contributed by atoms with E-state index in [1.807, 2.05) is 30.3 Å². The molecule has 0 atom stereocenters. The van der Waals surface area contributed by atoms with Gasteiger partial charge in [-0.1, -0.05) is 0 Å². The fourth-order valence-corrected chi connectivity index (χ4v) is 20.6. The van der Waals surface area contributed by atoms with Crippen LogP contribution in [0, 0.1) is 0 Å². The van der Waals surface area contributed by atoms with Crippen molar-refractivity contribution >= 4 is 24.3 Å². The molecule has 0 N–H and O–H groups in total. The molecule has 0 bridgehead atoms. The monoisotopic (exact) mass is 481 g/mol. The van der Waals surface area contributed by atoms with Gasteiger partial charge in [0.1, 0.15) is 0 Å². The SMILES string of the molecule is CCC[CH2][Sn]([CH2]CCC)([CH2]CCC)[CH2]N(C(=O)c1ccccc1)C(C)(C)C. The zero-order valence-corrected chi connectivity index (χ0v) is 21.7. The van der Waals surface area contributed by atoms with Crippen LogP contribution in [0.1, 0.15) is 90.4 Å². The number of amides is 1. The van der Waals surface area contributed by atoms with Gasteiger partial charge in [0.25, 0.3) is 0 Å². The van der Waals surface area contributed by atoms with E-state index in [1.54, 1.807) is 0 Å². The Morgan fingerprint density at radius 3 is 1.67 bits per heavy atom. The summed E-state index contributed by atoms with van der Waals surface area (Å²) in [7, 11) is 0. The first-order chi connectivity index (χ1) is 12.8. The van der Waals surface area contributed by atoms with Crippen LogP contribution in [0.2, 0.25) is 13.3 Å². The molecule has 0 radical (unpaired) electrons. The Bertz CT molecular complexity index is 513. The molecule has 1 rings (SSSR count). The normalized spacial score (nSPS) is 12.2. The number of hydrogen-bond acceptors (Lipinski definition) is 1. The van der Waals surface area contributed by atoms with Gasteiger partial charge < -0.3 is 0 Å². The summed E-state index contributed by atoms with van der Waals surface area (Å²) in [6.07, 6.45) is 7.88. The summed E-state index contributed by atoms with van der Waals surface area (Å²) >= 11 is -2.43. The second-order valence-corrected chi connectivity index (χ2v) is 23.0. The molecule has 0 aliphatic carbocycles. The molecule has 2 nitrogen and oxygen atoms in total. The van der Waals surface area contributed by atoms with E-state index in [1.165, 1.54) is 51.8 Å². The summed E-state index contributed by atoms with van der Waals surface area (Å²) in [5.41, 5.74) is 0.716. The van der Waals surface area contributed by atoms with E-state index in [4.69, 9.17) is 0 Å². The van der Waals surface area contributed by atoms with Gasteiger partial charge in [-0.25, -0.2) is 0 Å². The van der Waals surface area contributed by atoms with Crippen molar-refractivity contribution in [1.82, 2.24) is 4.90 Å². The van der Waals surface area contributed by atoms with Crippen molar-refractivity contribution in [3.05, 3.63) is 35.9 Å². The Hall–Kier alpha value is -0.511. The van der Waals surface area contributed by atoms with Crippen LogP contribution in [0.4, 0.5) is 0 Å². The van der Waals surface area contributed by atoms with E-state index in [0.29, 0.717) is 0 Å². The molecule has 27 heavy (non-hydrogen) atoms. The topological polar surface area (TPSA) is 20.3 Å². The zero-order valence-electron chi connectivity index (χ0n) is 18.8. The molecular weight excluding hydrogens is 437 g/mol. The first kappa shape index (κ1) is 24.5. The summed E-state index contributed by atoms with van der Waals surface area (Å²) in [5.74, 6) is 0.230. The van der Waals surface area contributed by atoms with Crippen molar-refractivity contribution in [1.29, 1.82) is 0 Å². The number of carbonyl (C=O) groups is 1. The van der Waals surface area contributed by atoms with Crippen molar-refractivity contribution in [3.8, 4) is 0 Å². The Morgan fingerprint density at radius 1 is 0.852 bits per heavy atom. The summed E-state index contributed by atoms with van der Waals surface area (Å²) < 4.78 is 5.42. The molecule has 0 fully saturated rings. The van der Waals surface area contributed by atoms with Crippen molar-refractivity contribution in [2.75, 3.05) is 4.56 Å². The van der Waals surface area contributed by atoms with E-state index < -0.39 is 18.4 Å². The van der Waals surface area contributed by atoms with E-state index in [-0.39, 0.29) is 11.4 Å². The number of hydrogen-bond donors (Lipinski definition) is 0. The fraction of sp³-hybridized carbons (Fsp3) is 0.708. The van der Waals surface area contributed by atoms with Gasteiger partial charge in [-0.2, -0.15) is 0 Å². The quantitative estimate of drug-likeness (QED) is 0.287. The standard InChI is InChI=1S/C12H16NO.3C4H9.Sn/c1-12(2,3)13(4)11(14)10-8-6-5-7-9-10;3*1-3-4-2;/h5-9H,4H2,1-3H3;3*1,3-4H2,2H3;. The molecule has 0 saturated heterocycles. The number of rotatable bonds is 12. The average molecular weight is 480 g/mol. The molecule has 0 aliphatic rings. The molecule has 0 spiro atoms. The van der Waals surface area contributed by atoms with Crippen LogP contribution < -0.4 is 0 Å². The number of benzene rings is 1. The van der Waals surface area contributed by atoms with Gasteiger partial charge in [0, 0.05) is 0 Å². The molecule has 0 saturated carbocycles. The third-order valence-electron chi connectivity index (χ3n) is 5.75. The van der Waals surface area contributed by atoms with Gasteiger partial charge >= 0.3 is 173 Å². The minimum absolute atomic E-state index is 0.125. The van der Waals surface area contributed by atoms with E-state index in [2.05, 4.69) is 46.4 Å². The first-order valence-electron chi connectivity index (χ1n) is 11.2. The van der Waals surface area contributed by atoms with Crippen molar-refractivity contribution in [3.63, 3.8) is 0 Å². The zero-order chi connectivity index (χ0) is 20.3. The molecule has 1 amide bonds. The van der Waals surface area contributed by atoms with Gasteiger partial charge in [-0.05, 0) is 0 Å². The van der Waals surface area contributed by atoms with Gasteiger partial charge in [0.15, 0.2) is 0 Å². The Balaban J connectivity index is 3.20. The van der Waals surface area contributed by atoms with Crippen LogP contribution in [-0.2, 0) is 0 Å². The van der Waals surface area contributed by atoms with Crippen molar-refractivity contribution < 1.29 is 4.79 Å². The number of nitrogens with zero attached hydrogens (tertiary/aromatic N) is 1. The van der Waals surface area contributed by atoms with Gasteiger partial charge in [0.2, 0.25) is 0 Å². The maximum atomic E-state index is 13.5. The maximum absolute atomic E-state index is 13.5. The summed E-state index contributed by atoms with van der Waals surface area (Å²) in [6.45, 7) is 13.6. The molecule has 1 aromatic rings. The molecule has 154 valence electrons. The van der Waals surface area contributed by atoms with Crippen molar-refractivity contribution in [2.24, 2.45) is 0 Å². The third kappa shape index (κ3) is 8.17. The Kier molecular flexibility index (Phi) is 11.0. The average Bonchev–Trinajstić information content (AvgIpc) is 2.66. The van der Waals surface area contributed by atoms with Crippen LogP contribution in [0.15, 0.2) is 30.3 Å². The fourth-order valence-electron chi connectivity index (χ4n) is 3.95. The predicted molar refractivity (Wildman–Crippen MR) is 122 cm³/mol. The van der Waals surface area contributed by atoms with Crippen LogP contribution in [0.3, 0.4) is 0 Å². The first-order valence-corrected chi connectivity index (χ1v) is 19.2. The van der Waals surface area contributed by atoms with Crippen molar-refractivity contribution in [2.45, 2.75) is 98.9 Å². The van der Waals surface area contributed by atoms with Crippen LogP contribution in [-0.4, -0.2) is 39.3 Å². The molecule has 0 heterocycles.